The van der Waals surface area contributed by atoms with Crippen LogP contribution < -0.4 is 10.1 Å². The van der Waals surface area contributed by atoms with E-state index in [1.807, 2.05) is 36.4 Å². The Balaban J connectivity index is 1.70. The highest BCUT2D eigenvalue weighted by atomic mass is 19.1. The fraction of sp³-hybridized carbons (Fsp3) is 0.105. The van der Waals surface area contributed by atoms with E-state index in [9.17, 15) is 13.6 Å². The first-order valence-electron chi connectivity index (χ1n) is 7.44. The average molecular weight is 327 g/mol. The molecule has 0 saturated carbocycles. The zero-order valence-corrected chi connectivity index (χ0v) is 12.9. The van der Waals surface area contributed by atoms with E-state index < -0.39 is 23.6 Å². The minimum atomic E-state index is -0.934. The molecule has 1 amide bonds. The summed E-state index contributed by atoms with van der Waals surface area (Å²) in [5, 5.41) is 4.78. The number of hydrogen-bond acceptors (Lipinski definition) is 2. The number of fused-ring (bicyclic) bond motifs is 1. The van der Waals surface area contributed by atoms with Gasteiger partial charge in [-0.15, -0.1) is 0 Å². The first-order chi connectivity index (χ1) is 11.5. The molecule has 3 aromatic rings. The van der Waals surface area contributed by atoms with Crippen molar-refractivity contribution in [3.63, 3.8) is 0 Å². The Kier molecular flexibility index (Phi) is 4.42. The lowest BCUT2D eigenvalue weighted by Gasteiger charge is -2.15. The summed E-state index contributed by atoms with van der Waals surface area (Å²) in [6.07, 6.45) is -0.934. The lowest BCUT2D eigenvalue weighted by molar-refractivity contribution is -0.122. The van der Waals surface area contributed by atoms with Gasteiger partial charge in [0.2, 0.25) is 0 Å². The van der Waals surface area contributed by atoms with E-state index in [1.165, 1.54) is 6.92 Å². The Bertz CT molecular complexity index is 895. The molecule has 3 nitrogen and oxygen atoms in total. The predicted molar refractivity (Wildman–Crippen MR) is 89.0 cm³/mol. The zero-order chi connectivity index (χ0) is 17.1. The minimum absolute atomic E-state index is 0.169. The third kappa shape index (κ3) is 3.51. The smallest absolute Gasteiger partial charge is 0.265 e. The Morgan fingerprint density at radius 3 is 2.50 bits per heavy atom. The molecule has 5 heteroatoms. The quantitative estimate of drug-likeness (QED) is 0.765. The second kappa shape index (κ2) is 6.66. The first-order valence-corrected chi connectivity index (χ1v) is 7.44. The maximum atomic E-state index is 13.6. The zero-order valence-electron chi connectivity index (χ0n) is 12.9. The van der Waals surface area contributed by atoms with E-state index >= 15 is 0 Å². The topological polar surface area (TPSA) is 38.3 Å². The van der Waals surface area contributed by atoms with Crippen molar-refractivity contribution in [3.8, 4) is 5.75 Å². The van der Waals surface area contributed by atoms with Crippen LogP contribution in [0.5, 0.6) is 5.75 Å². The molecule has 0 heterocycles. The molecule has 0 aliphatic carbocycles. The summed E-state index contributed by atoms with van der Waals surface area (Å²) >= 11 is 0. The van der Waals surface area contributed by atoms with Gasteiger partial charge in [0.25, 0.3) is 5.91 Å². The van der Waals surface area contributed by atoms with E-state index in [0.717, 1.165) is 22.9 Å². The molecule has 3 rings (SSSR count). The molecule has 0 aromatic heterocycles. The Morgan fingerprint density at radius 1 is 1.00 bits per heavy atom. The van der Waals surface area contributed by atoms with Crippen molar-refractivity contribution in [2.45, 2.75) is 13.0 Å². The number of carbonyl (C=O) groups is 1. The van der Waals surface area contributed by atoms with E-state index in [-0.39, 0.29) is 5.75 Å². The first kappa shape index (κ1) is 15.9. The highest BCUT2D eigenvalue weighted by Gasteiger charge is 2.17. The van der Waals surface area contributed by atoms with Gasteiger partial charge in [-0.1, -0.05) is 30.3 Å². The number of benzene rings is 3. The van der Waals surface area contributed by atoms with Crippen molar-refractivity contribution in [1.29, 1.82) is 0 Å². The number of halogens is 2. The molecule has 0 fully saturated rings. The van der Waals surface area contributed by atoms with Crippen LogP contribution in [0.2, 0.25) is 0 Å². The van der Waals surface area contributed by atoms with Crippen LogP contribution in [-0.4, -0.2) is 12.0 Å². The molecular weight excluding hydrogens is 312 g/mol. The number of anilines is 1. The highest BCUT2D eigenvalue weighted by Crippen LogP contribution is 2.21. The SMILES string of the molecule is CC(Oc1ccc(F)cc1F)C(=O)Nc1ccc2ccccc2c1. The third-order valence-corrected chi connectivity index (χ3v) is 3.58. The molecule has 3 aromatic carbocycles. The Morgan fingerprint density at radius 2 is 1.75 bits per heavy atom. The van der Waals surface area contributed by atoms with Gasteiger partial charge >= 0.3 is 0 Å². The molecule has 1 atom stereocenters. The fourth-order valence-corrected chi connectivity index (χ4v) is 2.33. The molecule has 0 spiro atoms. The maximum Gasteiger partial charge on any atom is 0.265 e. The summed E-state index contributed by atoms with van der Waals surface area (Å²) in [6, 6.07) is 16.2. The predicted octanol–water partition coefficient (Wildman–Crippen LogP) is 4.52. The average Bonchev–Trinajstić information content (AvgIpc) is 2.57. The Labute approximate surface area is 137 Å². The van der Waals surface area contributed by atoms with Crippen LogP contribution >= 0.6 is 0 Å². The van der Waals surface area contributed by atoms with E-state index in [2.05, 4.69) is 5.32 Å². The van der Waals surface area contributed by atoms with Crippen LogP contribution in [0.15, 0.2) is 60.7 Å². The van der Waals surface area contributed by atoms with Gasteiger partial charge in [-0.05, 0) is 42.0 Å². The van der Waals surface area contributed by atoms with Crippen LogP contribution in [0, 0.1) is 11.6 Å². The number of ether oxygens (including phenoxy) is 1. The maximum absolute atomic E-state index is 13.6. The molecule has 0 radical (unpaired) electrons. The van der Waals surface area contributed by atoms with Gasteiger partial charge in [0, 0.05) is 11.8 Å². The van der Waals surface area contributed by atoms with E-state index in [1.54, 1.807) is 6.07 Å². The second-order valence-electron chi connectivity index (χ2n) is 5.39. The number of hydrogen-bond donors (Lipinski definition) is 1. The molecule has 0 bridgehead atoms. The second-order valence-corrected chi connectivity index (χ2v) is 5.39. The number of carbonyl (C=O) groups excluding carboxylic acids is 1. The fourth-order valence-electron chi connectivity index (χ4n) is 2.33. The van der Waals surface area contributed by atoms with Crippen LogP contribution in [0.3, 0.4) is 0 Å². The van der Waals surface area contributed by atoms with Gasteiger partial charge in [0.1, 0.15) is 5.82 Å². The molecule has 1 N–H and O–H groups in total. The lowest BCUT2D eigenvalue weighted by atomic mass is 10.1. The molecule has 0 aliphatic rings. The van der Waals surface area contributed by atoms with E-state index in [4.69, 9.17) is 4.74 Å². The summed E-state index contributed by atoms with van der Waals surface area (Å²) in [7, 11) is 0. The van der Waals surface area contributed by atoms with Crippen molar-refractivity contribution in [2.75, 3.05) is 5.32 Å². The number of nitrogens with one attached hydrogen (secondary N) is 1. The Hall–Kier alpha value is -2.95. The van der Waals surface area contributed by atoms with Gasteiger partial charge < -0.3 is 10.1 Å². The molecule has 122 valence electrons. The van der Waals surface area contributed by atoms with Gasteiger partial charge in [0.05, 0.1) is 0 Å². The minimum Gasteiger partial charge on any atom is -0.478 e. The largest absolute Gasteiger partial charge is 0.478 e. The van der Waals surface area contributed by atoms with Gasteiger partial charge in [0.15, 0.2) is 17.7 Å². The van der Waals surface area contributed by atoms with Gasteiger partial charge in [-0.25, -0.2) is 8.78 Å². The van der Waals surface area contributed by atoms with E-state index in [0.29, 0.717) is 11.8 Å². The summed E-state index contributed by atoms with van der Waals surface area (Å²) in [5.74, 6) is -2.14. The summed E-state index contributed by atoms with van der Waals surface area (Å²) in [6.45, 7) is 1.50. The van der Waals surface area contributed by atoms with Gasteiger partial charge in [-0.2, -0.15) is 0 Å². The normalized spacial score (nSPS) is 12.0. The van der Waals surface area contributed by atoms with Crippen molar-refractivity contribution in [1.82, 2.24) is 0 Å². The number of amides is 1. The third-order valence-electron chi connectivity index (χ3n) is 3.58. The van der Waals surface area contributed by atoms with Crippen molar-refractivity contribution >= 4 is 22.4 Å². The monoisotopic (exact) mass is 327 g/mol. The van der Waals surface area contributed by atoms with Crippen LogP contribution in [-0.2, 0) is 4.79 Å². The van der Waals surface area contributed by atoms with Gasteiger partial charge in [-0.3, -0.25) is 4.79 Å². The van der Waals surface area contributed by atoms with Crippen LogP contribution in [0.25, 0.3) is 10.8 Å². The van der Waals surface area contributed by atoms with Crippen LogP contribution in [0.4, 0.5) is 14.5 Å². The summed E-state index contributed by atoms with van der Waals surface area (Å²) in [4.78, 5) is 12.2. The summed E-state index contributed by atoms with van der Waals surface area (Å²) in [5.41, 5.74) is 0.619. The highest BCUT2D eigenvalue weighted by molar-refractivity contribution is 5.96. The number of rotatable bonds is 4. The molecule has 24 heavy (non-hydrogen) atoms. The molecule has 1 unspecified atom stereocenters. The standard InChI is InChI=1S/C19H15F2NO2/c1-12(24-18-9-7-15(20)11-17(18)21)19(23)22-16-8-6-13-4-2-3-5-14(13)10-16/h2-12H,1H3,(H,22,23). The van der Waals surface area contributed by atoms with Crippen LogP contribution in [0.1, 0.15) is 6.92 Å². The molecular formula is C19H15F2NO2. The lowest BCUT2D eigenvalue weighted by Crippen LogP contribution is -2.30. The van der Waals surface area contributed by atoms with Crippen molar-refractivity contribution in [2.24, 2.45) is 0 Å². The van der Waals surface area contributed by atoms with Crippen molar-refractivity contribution in [3.05, 3.63) is 72.3 Å². The molecule has 0 saturated heterocycles. The summed E-state index contributed by atoms with van der Waals surface area (Å²) < 4.78 is 31.7. The van der Waals surface area contributed by atoms with Crippen molar-refractivity contribution < 1.29 is 18.3 Å². The molecule has 0 aliphatic heterocycles.